The number of nitrogens with two attached hydrogens (primary N) is 2. The first-order valence-electron chi connectivity index (χ1n) is 10.4. The second-order valence-electron chi connectivity index (χ2n) is 9.19. The first-order valence-corrected chi connectivity index (χ1v) is 10.4. The molecule has 4 rings (SSSR count). The number of hydrogen-bond donors (Lipinski definition) is 2. The van der Waals surface area contributed by atoms with E-state index in [1.165, 1.54) is 6.07 Å². The third kappa shape index (κ3) is 2.87. The van der Waals surface area contributed by atoms with Gasteiger partial charge in [0.2, 0.25) is 0 Å². The first kappa shape index (κ1) is 19.9. The van der Waals surface area contributed by atoms with Gasteiger partial charge < -0.3 is 16.5 Å². The highest BCUT2D eigenvalue weighted by Crippen LogP contribution is 2.42. The largest absolute Gasteiger partial charge is 0.350 e. The van der Waals surface area contributed by atoms with Gasteiger partial charge in [-0.15, -0.1) is 0 Å². The number of anilines is 1. The summed E-state index contributed by atoms with van der Waals surface area (Å²) in [6.07, 6.45) is 3.41. The molecule has 7 nitrogen and oxygen atoms in total. The number of benzene rings is 1. The molecule has 2 fully saturated rings. The van der Waals surface area contributed by atoms with Gasteiger partial charge in [-0.3, -0.25) is 9.36 Å². The van der Waals surface area contributed by atoms with Gasteiger partial charge in [-0.05, 0) is 50.5 Å². The zero-order valence-corrected chi connectivity index (χ0v) is 17.5. The summed E-state index contributed by atoms with van der Waals surface area (Å²) in [6.45, 7) is 8.63. The summed E-state index contributed by atoms with van der Waals surface area (Å²) in [6, 6.07) is 1.22. The molecule has 0 bridgehead atoms. The van der Waals surface area contributed by atoms with Crippen LogP contribution in [0.5, 0.6) is 0 Å². The molecule has 0 amide bonds. The summed E-state index contributed by atoms with van der Waals surface area (Å²) in [7, 11) is 0. The molecule has 1 aliphatic carbocycles. The first-order chi connectivity index (χ1) is 13.6. The summed E-state index contributed by atoms with van der Waals surface area (Å²) >= 11 is 0. The molecule has 158 valence electrons. The van der Waals surface area contributed by atoms with Gasteiger partial charge in [-0.25, -0.2) is 9.18 Å². The molecule has 2 aliphatic rings. The Balaban J connectivity index is 2.06. The van der Waals surface area contributed by atoms with Crippen molar-refractivity contribution < 1.29 is 4.39 Å². The standard InChI is InChI=1S/C21H30FN5O2/c1-11(2)21(23)8-7-12(3)10-25(21)18-13(4)17-15(9-16(18)22)19(28)27(24)20(29)26(17)14-5-6-14/h9,11-12,14H,5-8,10,23-24H2,1-4H3. The van der Waals surface area contributed by atoms with E-state index in [0.29, 0.717) is 33.9 Å². The van der Waals surface area contributed by atoms with Gasteiger partial charge in [0.05, 0.1) is 22.3 Å². The van der Waals surface area contributed by atoms with Gasteiger partial charge in [-0.2, -0.15) is 4.68 Å². The molecule has 0 radical (unpaired) electrons. The fourth-order valence-corrected chi connectivity index (χ4v) is 4.75. The molecule has 2 aromatic rings. The van der Waals surface area contributed by atoms with Gasteiger partial charge in [0, 0.05) is 18.2 Å². The maximum absolute atomic E-state index is 15.5. The smallest absolute Gasteiger partial charge is 0.350 e. The van der Waals surface area contributed by atoms with E-state index in [0.717, 1.165) is 25.7 Å². The highest BCUT2D eigenvalue weighted by atomic mass is 19.1. The molecule has 1 aromatic carbocycles. The van der Waals surface area contributed by atoms with Crippen LogP contribution in [0.2, 0.25) is 0 Å². The Kier molecular flexibility index (Phi) is 4.53. The lowest BCUT2D eigenvalue weighted by Gasteiger charge is -2.51. The van der Waals surface area contributed by atoms with E-state index < -0.39 is 22.7 Å². The minimum absolute atomic E-state index is 0.00887. The average molecular weight is 404 g/mol. The number of nitrogen functional groups attached to an aromatic ring is 1. The zero-order chi connectivity index (χ0) is 21.2. The Hall–Kier alpha value is -2.35. The number of rotatable bonds is 3. The molecule has 2 unspecified atom stereocenters. The zero-order valence-electron chi connectivity index (χ0n) is 17.5. The predicted octanol–water partition coefficient (Wildman–Crippen LogP) is 2.21. The third-order valence-electron chi connectivity index (χ3n) is 6.78. The molecule has 2 heterocycles. The van der Waals surface area contributed by atoms with Crippen LogP contribution in [0.3, 0.4) is 0 Å². The summed E-state index contributed by atoms with van der Waals surface area (Å²) in [4.78, 5) is 27.4. The van der Waals surface area contributed by atoms with E-state index in [1.807, 2.05) is 18.7 Å². The van der Waals surface area contributed by atoms with Crippen molar-refractivity contribution in [2.24, 2.45) is 17.6 Å². The van der Waals surface area contributed by atoms with Crippen molar-refractivity contribution >= 4 is 16.6 Å². The second kappa shape index (κ2) is 6.58. The van der Waals surface area contributed by atoms with E-state index >= 15 is 4.39 Å². The lowest BCUT2D eigenvalue weighted by Crippen LogP contribution is -2.64. The number of aryl methyl sites for hydroxylation is 1. The van der Waals surface area contributed by atoms with Crippen LogP contribution in [-0.2, 0) is 0 Å². The predicted molar refractivity (Wildman–Crippen MR) is 113 cm³/mol. The Labute approximate surface area is 169 Å². The lowest BCUT2D eigenvalue weighted by atomic mass is 9.81. The molecule has 8 heteroatoms. The SMILES string of the molecule is Cc1c(N2CC(C)CCC2(N)C(C)C)c(F)cc2c(=O)n(N)c(=O)n(C3CC3)c12. The van der Waals surface area contributed by atoms with Crippen LogP contribution in [0.4, 0.5) is 10.1 Å². The van der Waals surface area contributed by atoms with Crippen LogP contribution in [0.25, 0.3) is 10.9 Å². The topological polar surface area (TPSA) is 99.3 Å². The van der Waals surface area contributed by atoms with Crippen LogP contribution in [0.15, 0.2) is 15.7 Å². The fourth-order valence-electron chi connectivity index (χ4n) is 4.75. The van der Waals surface area contributed by atoms with Gasteiger partial charge >= 0.3 is 5.69 Å². The number of nitrogens with zero attached hydrogens (tertiary/aromatic N) is 3. The van der Waals surface area contributed by atoms with Gasteiger partial charge in [0.25, 0.3) is 5.56 Å². The number of fused-ring (bicyclic) bond motifs is 1. The van der Waals surface area contributed by atoms with Crippen molar-refractivity contribution in [2.75, 3.05) is 17.3 Å². The number of aromatic nitrogens is 2. The monoisotopic (exact) mass is 403 g/mol. The van der Waals surface area contributed by atoms with E-state index in [2.05, 4.69) is 6.92 Å². The van der Waals surface area contributed by atoms with Crippen molar-refractivity contribution in [1.29, 1.82) is 0 Å². The number of hydrogen-bond acceptors (Lipinski definition) is 5. The summed E-state index contributed by atoms with van der Waals surface area (Å²) in [5, 5.41) is 0.134. The van der Waals surface area contributed by atoms with E-state index in [1.54, 1.807) is 11.5 Å². The minimum Gasteiger partial charge on any atom is -0.350 e. The van der Waals surface area contributed by atoms with Gasteiger partial charge in [0.1, 0.15) is 5.82 Å². The summed E-state index contributed by atoms with van der Waals surface area (Å²) in [5.74, 6) is 5.68. The fraction of sp³-hybridized carbons (Fsp3) is 0.619. The summed E-state index contributed by atoms with van der Waals surface area (Å²) in [5.41, 5.74) is 6.34. The molecule has 0 spiro atoms. The lowest BCUT2D eigenvalue weighted by molar-refractivity contribution is 0.206. The number of halogens is 1. The van der Waals surface area contributed by atoms with E-state index in [4.69, 9.17) is 11.6 Å². The average Bonchev–Trinajstić information content (AvgIpc) is 3.49. The quantitative estimate of drug-likeness (QED) is 0.766. The van der Waals surface area contributed by atoms with Crippen LogP contribution >= 0.6 is 0 Å². The van der Waals surface area contributed by atoms with Crippen LogP contribution in [0, 0.1) is 24.6 Å². The van der Waals surface area contributed by atoms with Crippen LogP contribution in [-0.4, -0.2) is 21.5 Å². The Morgan fingerprint density at radius 3 is 2.48 bits per heavy atom. The van der Waals surface area contributed by atoms with Gasteiger partial charge in [0.15, 0.2) is 0 Å². The minimum atomic E-state index is -0.695. The molecular weight excluding hydrogens is 373 g/mol. The van der Waals surface area contributed by atoms with Crippen molar-refractivity contribution in [3.63, 3.8) is 0 Å². The molecular formula is C21H30FN5O2. The van der Waals surface area contributed by atoms with Crippen molar-refractivity contribution in [3.8, 4) is 0 Å². The Morgan fingerprint density at radius 1 is 1.24 bits per heavy atom. The molecule has 1 saturated heterocycles. The maximum Gasteiger partial charge on any atom is 0.350 e. The second-order valence-corrected chi connectivity index (χ2v) is 9.19. The van der Waals surface area contributed by atoms with Crippen molar-refractivity contribution in [3.05, 3.63) is 38.3 Å². The Bertz CT molecular complexity index is 1100. The van der Waals surface area contributed by atoms with E-state index in [-0.39, 0.29) is 17.3 Å². The molecule has 1 saturated carbocycles. The van der Waals surface area contributed by atoms with Crippen LogP contribution in [0.1, 0.15) is 58.1 Å². The third-order valence-corrected chi connectivity index (χ3v) is 6.78. The summed E-state index contributed by atoms with van der Waals surface area (Å²) < 4.78 is 17.6. The molecule has 2 atom stereocenters. The maximum atomic E-state index is 15.5. The van der Waals surface area contributed by atoms with Crippen molar-refractivity contribution in [1.82, 2.24) is 9.24 Å². The molecule has 4 N–H and O–H groups in total. The highest BCUT2D eigenvalue weighted by molar-refractivity contribution is 5.87. The normalized spacial score (nSPS) is 25.2. The number of piperidine rings is 1. The van der Waals surface area contributed by atoms with E-state index in [9.17, 15) is 9.59 Å². The van der Waals surface area contributed by atoms with Gasteiger partial charge in [-0.1, -0.05) is 20.8 Å². The molecule has 1 aliphatic heterocycles. The Morgan fingerprint density at radius 2 is 1.90 bits per heavy atom. The highest BCUT2D eigenvalue weighted by Gasteiger charge is 2.42. The molecule has 1 aromatic heterocycles. The molecule has 29 heavy (non-hydrogen) atoms. The van der Waals surface area contributed by atoms with Crippen molar-refractivity contribution in [2.45, 2.75) is 65.1 Å². The van der Waals surface area contributed by atoms with Crippen LogP contribution < -0.4 is 27.7 Å².